The second kappa shape index (κ2) is 14.8. The van der Waals surface area contributed by atoms with Crippen LogP contribution in [0.25, 0.3) is 0 Å². The fourth-order valence-corrected chi connectivity index (χ4v) is 17.6. The molecule has 0 aromatic rings. The van der Waals surface area contributed by atoms with Crippen LogP contribution in [0, 0.1) is 11.8 Å². The van der Waals surface area contributed by atoms with Gasteiger partial charge in [-0.25, -0.2) is 0 Å². The molecule has 0 aliphatic rings. The monoisotopic (exact) mass is 525 g/mol. The lowest BCUT2D eigenvalue weighted by atomic mass is 10.2. The molecule has 0 aliphatic heterocycles. The van der Waals surface area contributed by atoms with Crippen LogP contribution in [0.2, 0.25) is 28.7 Å². The Morgan fingerprint density at radius 3 is 0.909 bits per heavy atom. The van der Waals surface area contributed by atoms with Crippen molar-refractivity contribution in [1.29, 1.82) is 0 Å². The summed E-state index contributed by atoms with van der Waals surface area (Å²) in [5, 5.41) is 0. The Hall–Kier alpha value is 0.371. The number of rotatable bonds is 18. The van der Waals surface area contributed by atoms with Gasteiger partial charge in [0.1, 0.15) is 8.24 Å². The van der Waals surface area contributed by atoms with Gasteiger partial charge in [0, 0.05) is 54.7 Å². The summed E-state index contributed by atoms with van der Waals surface area (Å²) >= 11 is 0. The summed E-state index contributed by atoms with van der Waals surface area (Å²) < 4.78 is 37.4. The summed E-state index contributed by atoms with van der Waals surface area (Å²) in [6.07, 6.45) is 0. The lowest BCUT2D eigenvalue weighted by molar-refractivity contribution is 0.114. The van der Waals surface area contributed by atoms with E-state index in [0.717, 1.165) is 25.2 Å². The van der Waals surface area contributed by atoms with E-state index < -0.39 is 25.8 Å². The minimum absolute atomic E-state index is 0.376. The zero-order valence-electron chi connectivity index (χ0n) is 24.1. The molecule has 200 valence electrons. The number of nitrogens with zero attached hydrogens (tertiary/aromatic N) is 1. The van der Waals surface area contributed by atoms with Gasteiger partial charge in [0.2, 0.25) is 0 Å². The largest absolute Gasteiger partial charge is 0.500 e. The Balaban J connectivity index is 6.15. The van der Waals surface area contributed by atoms with E-state index >= 15 is 0 Å². The Morgan fingerprint density at radius 1 is 0.485 bits per heavy atom. The molecule has 0 rings (SSSR count). The van der Waals surface area contributed by atoms with E-state index in [9.17, 15) is 0 Å². The lowest BCUT2D eigenvalue weighted by Gasteiger charge is -2.53. The Labute approximate surface area is 208 Å². The van der Waals surface area contributed by atoms with E-state index in [4.69, 9.17) is 26.6 Å². The average Bonchev–Trinajstić information content (AvgIpc) is 2.75. The molecule has 7 nitrogen and oxygen atoms in total. The van der Waals surface area contributed by atoms with Gasteiger partial charge in [0.15, 0.2) is 0 Å². The van der Waals surface area contributed by atoms with Crippen molar-refractivity contribution in [2.45, 2.75) is 84.1 Å². The molecule has 0 radical (unpaired) electrons. The summed E-state index contributed by atoms with van der Waals surface area (Å²) in [6, 6.07) is 1.60. The number of hydrogen-bond acceptors (Lipinski definition) is 7. The van der Waals surface area contributed by atoms with Crippen molar-refractivity contribution < 1.29 is 26.6 Å². The quantitative estimate of drug-likeness (QED) is 0.219. The van der Waals surface area contributed by atoms with E-state index in [1.165, 1.54) is 0 Å². The molecule has 0 aromatic heterocycles. The highest BCUT2D eigenvalue weighted by atomic mass is 28.4. The first-order chi connectivity index (χ1) is 15.3. The highest BCUT2D eigenvalue weighted by Gasteiger charge is 2.50. The van der Waals surface area contributed by atoms with Crippen molar-refractivity contribution in [2.75, 3.05) is 55.7 Å². The lowest BCUT2D eigenvalue weighted by Crippen LogP contribution is -2.62. The summed E-state index contributed by atoms with van der Waals surface area (Å²) in [5.74, 6) is 0.752. The van der Waals surface area contributed by atoms with Crippen LogP contribution in [0.15, 0.2) is 0 Å². The van der Waals surface area contributed by atoms with Crippen molar-refractivity contribution in [2.24, 2.45) is 11.8 Å². The Kier molecular flexibility index (Phi) is 15.0. The molecule has 0 spiro atoms. The average molecular weight is 526 g/mol. The van der Waals surface area contributed by atoms with Gasteiger partial charge >= 0.3 is 17.6 Å². The topological polar surface area (TPSA) is 58.6 Å². The molecule has 0 N–H and O–H groups in total. The van der Waals surface area contributed by atoms with Crippen molar-refractivity contribution in [3.63, 3.8) is 0 Å². The smallest absolute Gasteiger partial charge is 0.377 e. The van der Waals surface area contributed by atoms with Crippen molar-refractivity contribution in [3.8, 4) is 0 Å². The third-order valence-corrected chi connectivity index (χ3v) is 20.6. The van der Waals surface area contributed by atoms with Crippen LogP contribution in [0.1, 0.15) is 55.4 Å². The SMILES string of the molecule is CO[Si](CC(C)CN(CC(C)C[Si](OC)(OC)OC)[Si](C(C)C)(C(C)C)C(C)C)(OC)OC. The fourth-order valence-electron chi connectivity index (χ4n) is 6.22. The molecule has 2 unspecified atom stereocenters. The fraction of sp³-hybridized carbons (Fsp3) is 1.00. The van der Waals surface area contributed by atoms with Gasteiger partial charge < -0.3 is 31.1 Å². The van der Waals surface area contributed by atoms with Crippen LogP contribution in [-0.4, -0.2) is 86.2 Å². The highest BCUT2D eigenvalue weighted by Crippen LogP contribution is 2.45. The molecule has 0 fully saturated rings. The maximum atomic E-state index is 5.75. The van der Waals surface area contributed by atoms with Crippen LogP contribution in [-0.2, 0) is 26.6 Å². The Bertz CT molecular complexity index is 462. The van der Waals surface area contributed by atoms with Crippen LogP contribution >= 0.6 is 0 Å². The van der Waals surface area contributed by atoms with Crippen LogP contribution in [0.5, 0.6) is 0 Å². The predicted molar refractivity (Wildman–Crippen MR) is 144 cm³/mol. The number of hydrogen-bond donors (Lipinski definition) is 0. The van der Waals surface area contributed by atoms with Gasteiger partial charge in [0.05, 0.1) is 0 Å². The third kappa shape index (κ3) is 8.19. The molecule has 0 heterocycles. The molecule has 0 aliphatic carbocycles. The van der Waals surface area contributed by atoms with Crippen molar-refractivity contribution in [1.82, 2.24) is 4.57 Å². The highest BCUT2D eigenvalue weighted by molar-refractivity contribution is 6.81. The zero-order valence-corrected chi connectivity index (χ0v) is 27.1. The van der Waals surface area contributed by atoms with Gasteiger partial charge in [-0.05, 0) is 41.5 Å². The zero-order chi connectivity index (χ0) is 26.0. The standard InChI is InChI=1S/C23H55NO6Si3/c1-19(2)33(20(3)4,21(5)6)24(15-22(7)17-31(25-9,26-10)27-11)16-23(8)18-32(28-12,29-13)30-14/h19-23H,15-18H2,1-14H3. The maximum absolute atomic E-state index is 5.75. The van der Waals surface area contributed by atoms with Gasteiger partial charge in [-0.1, -0.05) is 55.4 Å². The summed E-state index contributed by atoms with van der Waals surface area (Å²) in [5.41, 5.74) is 1.88. The van der Waals surface area contributed by atoms with Crippen LogP contribution in [0.4, 0.5) is 0 Å². The molecular weight excluding hydrogens is 471 g/mol. The maximum Gasteiger partial charge on any atom is 0.500 e. The van der Waals surface area contributed by atoms with E-state index in [1.54, 1.807) is 42.7 Å². The van der Waals surface area contributed by atoms with Gasteiger partial charge in [-0.3, -0.25) is 0 Å². The molecule has 0 bridgehead atoms. The van der Waals surface area contributed by atoms with E-state index in [-0.39, 0.29) is 0 Å². The van der Waals surface area contributed by atoms with E-state index in [1.807, 2.05) is 0 Å². The predicted octanol–water partition coefficient (Wildman–Crippen LogP) is 5.49. The summed E-state index contributed by atoms with van der Waals surface area (Å²) in [4.78, 5) is 0. The van der Waals surface area contributed by atoms with E-state index in [2.05, 4.69) is 60.0 Å². The summed E-state index contributed by atoms with van der Waals surface area (Å²) in [7, 11) is 3.03. The first kappa shape index (κ1) is 33.4. The summed E-state index contributed by atoms with van der Waals surface area (Å²) in [6.45, 7) is 21.1. The van der Waals surface area contributed by atoms with Gasteiger partial charge in [-0.15, -0.1) is 0 Å². The van der Waals surface area contributed by atoms with Gasteiger partial charge in [0.25, 0.3) is 0 Å². The molecule has 0 amide bonds. The normalized spacial score (nSPS) is 15.8. The van der Waals surface area contributed by atoms with E-state index in [0.29, 0.717) is 28.5 Å². The Morgan fingerprint density at radius 2 is 0.727 bits per heavy atom. The molecule has 0 saturated carbocycles. The minimum atomic E-state index is -2.65. The molecule has 0 aromatic carbocycles. The third-order valence-electron chi connectivity index (χ3n) is 7.45. The second-order valence-electron chi connectivity index (χ2n) is 10.5. The molecule has 0 saturated heterocycles. The molecule has 2 atom stereocenters. The second-order valence-corrected chi connectivity index (χ2v) is 22.3. The molecule has 33 heavy (non-hydrogen) atoms. The molecular formula is C23H55NO6Si3. The first-order valence-corrected chi connectivity index (χ1v) is 18.4. The minimum Gasteiger partial charge on any atom is -0.377 e. The van der Waals surface area contributed by atoms with Crippen molar-refractivity contribution >= 4 is 25.8 Å². The first-order valence-electron chi connectivity index (χ1n) is 12.4. The van der Waals surface area contributed by atoms with Crippen LogP contribution in [0.3, 0.4) is 0 Å². The van der Waals surface area contributed by atoms with Crippen molar-refractivity contribution in [3.05, 3.63) is 0 Å². The van der Waals surface area contributed by atoms with Gasteiger partial charge in [-0.2, -0.15) is 0 Å². The van der Waals surface area contributed by atoms with Crippen LogP contribution < -0.4 is 0 Å². The molecule has 10 heteroatoms.